The molecule has 2 rings (SSSR count). The van der Waals surface area contributed by atoms with Gasteiger partial charge in [-0.1, -0.05) is 89.0 Å². The number of hydrazone groups is 1. The molecule has 168 valence electrons. The number of benzene rings is 1. The molecule has 0 saturated carbocycles. The zero-order valence-corrected chi connectivity index (χ0v) is 19.7. The number of pyridine rings is 1. The van der Waals surface area contributed by atoms with E-state index < -0.39 is 0 Å². The number of hydrogen-bond donors (Lipinski definition) is 1. The molecule has 4 nitrogen and oxygen atoms in total. The molecule has 0 aliphatic carbocycles. The van der Waals surface area contributed by atoms with Crippen LogP contribution in [0.15, 0.2) is 53.9 Å². The molecule has 0 radical (unpaired) electrons. The highest BCUT2D eigenvalue weighted by atomic mass is 16.2. The molecule has 0 atom stereocenters. The van der Waals surface area contributed by atoms with Crippen LogP contribution in [0.3, 0.4) is 0 Å². The molecule has 1 aromatic heterocycles. The Kier molecular flexibility index (Phi) is 11.6. The minimum atomic E-state index is -0.201. The second kappa shape index (κ2) is 14.5. The highest BCUT2D eigenvalue weighted by Crippen LogP contribution is 2.13. The zero-order valence-electron chi connectivity index (χ0n) is 19.7. The topological polar surface area (TPSA) is 45.3 Å². The summed E-state index contributed by atoms with van der Waals surface area (Å²) < 4.78 is 1.85. The average Bonchev–Trinajstić information content (AvgIpc) is 2.79. The molecule has 0 saturated heterocycles. The van der Waals surface area contributed by atoms with Gasteiger partial charge in [-0.25, -0.2) is 9.99 Å². The molecule has 31 heavy (non-hydrogen) atoms. The molecule has 0 unspecified atom stereocenters. The maximum atomic E-state index is 12.2. The Morgan fingerprint density at radius 1 is 0.871 bits per heavy atom. The first-order valence-corrected chi connectivity index (χ1v) is 12.0. The largest absolute Gasteiger partial charge is 0.277 e. The molecule has 1 N–H and O–H groups in total. The van der Waals surface area contributed by atoms with Crippen molar-refractivity contribution in [3.8, 4) is 0 Å². The van der Waals surface area contributed by atoms with Gasteiger partial charge in [-0.05, 0) is 37.0 Å². The highest BCUT2D eigenvalue weighted by Gasteiger charge is 2.08. The third-order valence-electron chi connectivity index (χ3n) is 5.72. The first-order valence-electron chi connectivity index (χ1n) is 12.0. The standard InChI is InChI=1S/C27H39N3O/c1-4-5-6-7-8-9-10-11-12-13-15-24-17-19-25(20-18-24)23(2)28-29-27(31)26-16-14-21-30(3)22-26/h14,16-22H,4-13,15H2,1-3H3/p+1. The Bertz CT molecular complexity index is 811. The highest BCUT2D eigenvalue weighted by molar-refractivity contribution is 6.00. The molecule has 0 spiro atoms. The van der Waals surface area contributed by atoms with E-state index in [2.05, 4.69) is 41.7 Å². The van der Waals surface area contributed by atoms with Crippen LogP contribution in [0.1, 0.15) is 99.5 Å². The third kappa shape index (κ3) is 9.91. The second-order valence-electron chi connectivity index (χ2n) is 8.53. The van der Waals surface area contributed by atoms with E-state index in [1.807, 2.05) is 30.8 Å². The van der Waals surface area contributed by atoms with Gasteiger partial charge in [0.25, 0.3) is 5.91 Å². The Labute approximate surface area is 188 Å². The van der Waals surface area contributed by atoms with Gasteiger partial charge in [0.2, 0.25) is 0 Å². The first-order chi connectivity index (χ1) is 15.1. The predicted octanol–water partition coefficient (Wildman–Crippen LogP) is 6.13. The monoisotopic (exact) mass is 422 g/mol. The predicted molar refractivity (Wildman–Crippen MR) is 129 cm³/mol. The number of nitrogens with zero attached hydrogens (tertiary/aromatic N) is 2. The number of nitrogens with one attached hydrogen (secondary N) is 1. The van der Waals surface area contributed by atoms with Crippen LogP contribution in [0.5, 0.6) is 0 Å². The fraction of sp³-hybridized carbons (Fsp3) is 0.519. The van der Waals surface area contributed by atoms with E-state index in [1.54, 1.807) is 12.3 Å². The van der Waals surface area contributed by atoms with E-state index in [1.165, 1.54) is 69.8 Å². The fourth-order valence-electron chi connectivity index (χ4n) is 3.72. The number of carbonyl (C=O) groups excluding carboxylic acids is 1. The van der Waals surface area contributed by atoms with Gasteiger partial charge < -0.3 is 0 Å². The molecule has 0 aliphatic heterocycles. The summed E-state index contributed by atoms with van der Waals surface area (Å²) in [6.45, 7) is 4.19. The number of carbonyl (C=O) groups is 1. The van der Waals surface area contributed by atoms with Crippen molar-refractivity contribution in [2.75, 3.05) is 0 Å². The van der Waals surface area contributed by atoms with Crippen molar-refractivity contribution in [2.45, 2.75) is 84.5 Å². The summed E-state index contributed by atoms with van der Waals surface area (Å²) >= 11 is 0. The Balaban J connectivity index is 1.66. The molecule has 1 amide bonds. The number of hydrogen-bond acceptors (Lipinski definition) is 2. The first kappa shape index (κ1) is 24.8. The summed E-state index contributed by atoms with van der Waals surface area (Å²) in [7, 11) is 1.89. The molecule has 4 heteroatoms. The van der Waals surface area contributed by atoms with Gasteiger partial charge in [0.05, 0.1) is 5.71 Å². The van der Waals surface area contributed by atoms with Gasteiger partial charge in [-0.15, -0.1) is 0 Å². The van der Waals surface area contributed by atoms with Gasteiger partial charge >= 0.3 is 0 Å². The van der Waals surface area contributed by atoms with E-state index in [-0.39, 0.29) is 5.91 Å². The van der Waals surface area contributed by atoms with Crippen molar-refractivity contribution in [3.05, 3.63) is 65.5 Å². The normalized spacial score (nSPS) is 11.5. The lowest BCUT2D eigenvalue weighted by molar-refractivity contribution is -0.671. The number of rotatable bonds is 14. The summed E-state index contributed by atoms with van der Waals surface area (Å²) in [5, 5.41) is 4.27. The third-order valence-corrected chi connectivity index (χ3v) is 5.72. The maximum Gasteiger partial charge on any atom is 0.277 e. The lowest BCUT2D eigenvalue weighted by Crippen LogP contribution is -2.30. The van der Waals surface area contributed by atoms with Crippen molar-refractivity contribution in [1.29, 1.82) is 0 Å². The van der Waals surface area contributed by atoms with Crippen LogP contribution >= 0.6 is 0 Å². The van der Waals surface area contributed by atoms with Gasteiger partial charge in [0.1, 0.15) is 12.6 Å². The van der Waals surface area contributed by atoms with E-state index in [0.29, 0.717) is 5.56 Å². The van der Waals surface area contributed by atoms with E-state index in [0.717, 1.165) is 17.7 Å². The van der Waals surface area contributed by atoms with Crippen molar-refractivity contribution in [1.82, 2.24) is 5.43 Å². The molecule has 2 aromatic rings. The van der Waals surface area contributed by atoms with Crippen molar-refractivity contribution >= 4 is 11.6 Å². The number of aryl methyl sites for hydroxylation is 2. The van der Waals surface area contributed by atoms with Gasteiger partial charge in [0.15, 0.2) is 12.4 Å². The van der Waals surface area contributed by atoms with Crippen LogP contribution in [-0.2, 0) is 13.5 Å². The Hall–Kier alpha value is -2.49. The van der Waals surface area contributed by atoms with Crippen LogP contribution in [0.2, 0.25) is 0 Å². The van der Waals surface area contributed by atoms with Gasteiger partial charge in [0, 0.05) is 6.07 Å². The van der Waals surface area contributed by atoms with Crippen LogP contribution in [-0.4, -0.2) is 11.6 Å². The molecule has 0 aliphatic rings. The molecule has 0 fully saturated rings. The fourth-order valence-corrected chi connectivity index (χ4v) is 3.72. The molecular weight excluding hydrogens is 382 g/mol. The summed E-state index contributed by atoms with van der Waals surface area (Å²) in [5.74, 6) is -0.201. The average molecular weight is 423 g/mol. The number of amides is 1. The summed E-state index contributed by atoms with van der Waals surface area (Å²) in [5.41, 5.74) is 6.45. The van der Waals surface area contributed by atoms with Gasteiger partial charge in [-0.3, -0.25) is 4.79 Å². The van der Waals surface area contributed by atoms with Crippen LogP contribution < -0.4 is 9.99 Å². The number of unbranched alkanes of at least 4 members (excludes halogenated alkanes) is 9. The SMILES string of the molecule is CCCCCCCCCCCCc1ccc(C(C)=NNC(=O)c2ccc[n+](C)c2)cc1. The van der Waals surface area contributed by atoms with Crippen LogP contribution in [0, 0.1) is 0 Å². The number of aromatic nitrogens is 1. The van der Waals surface area contributed by atoms with E-state index >= 15 is 0 Å². The van der Waals surface area contributed by atoms with Crippen LogP contribution in [0.4, 0.5) is 0 Å². The quantitative estimate of drug-likeness (QED) is 0.169. The minimum Gasteiger partial charge on any atom is -0.267 e. The lowest BCUT2D eigenvalue weighted by atomic mass is 10.0. The zero-order chi connectivity index (χ0) is 22.3. The van der Waals surface area contributed by atoms with Gasteiger partial charge in [-0.2, -0.15) is 5.10 Å². The van der Waals surface area contributed by atoms with E-state index in [4.69, 9.17) is 0 Å². The van der Waals surface area contributed by atoms with Crippen molar-refractivity contribution in [3.63, 3.8) is 0 Å². The summed E-state index contributed by atoms with van der Waals surface area (Å²) in [6, 6.07) is 12.2. The lowest BCUT2D eigenvalue weighted by Gasteiger charge is -2.06. The Morgan fingerprint density at radius 3 is 2.10 bits per heavy atom. The summed E-state index contributed by atoms with van der Waals surface area (Å²) in [6.07, 6.45) is 18.5. The minimum absolute atomic E-state index is 0.201. The maximum absolute atomic E-state index is 12.2. The van der Waals surface area contributed by atoms with Crippen molar-refractivity contribution in [2.24, 2.45) is 12.1 Å². The smallest absolute Gasteiger partial charge is 0.267 e. The Morgan fingerprint density at radius 2 is 1.48 bits per heavy atom. The molecular formula is C27H40N3O+. The summed E-state index contributed by atoms with van der Waals surface area (Å²) in [4.78, 5) is 12.2. The molecule has 0 bridgehead atoms. The van der Waals surface area contributed by atoms with Crippen molar-refractivity contribution < 1.29 is 9.36 Å². The van der Waals surface area contributed by atoms with E-state index in [9.17, 15) is 4.79 Å². The van der Waals surface area contributed by atoms with Crippen LogP contribution in [0.25, 0.3) is 0 Å². The second-order valence-corrected chi connectivity index (χ2v) is 8.53. The molecule has 1 aromatic carbocycles. The molecule has 1 heterocycles.